The van der Waals surface area contributed by atoms with Crippen LogP contribution in [0.25, 0.3) is 0 Å². The predicted octanol–water partition coefficient (Wildman–Crippen LogP) is 4.72. The minimum Gasteiger partial charge on any atom is -0.454 e. The third-order valence-electron chi connectivity index (χ3n) is 4.81. The number of esters is 1. The summed E-state index contributed by atoms with van der Waals surface area (Å²) in [5, 5.41) is 10.5. The van der Waals surface area contributed by atoms with Gasteiger partial charge in [-0.15, -0.1) is 0 Å². The molecule has 3 nitrogen and oxygen atoms in total. The van der Waals surface area contributed by atoms with E-state index in [9.17, 15) is 9.90 Å². The molecule has 2 atom stereocenters. The molecule has 0 bridgehead atoms. The number of rotatable bonds is 2. The van der Waals surface area contributed by atoms with Crippen LogP contribution in [0.5, 0.6) is 0 Å². The minimum absolute atomic E-state index is 0.181. The fourth-order valence-corrected chi connectivity index (χ4v) is 2.63. The van der Waals surface area contributed by atoms with Gasteiger partial charge in [0.15, 0.2) is 0 Å². The third kappa shape index (κ3) is 5.98. The molecule has 23 heavy (non-hydrogen) atoms. The normalized spacial score (nSPS) is 31.2. The standard InChI is InChI=1S/C20H32O3/c1-7-15(3)19(22)23-17-11-10-14(2)9-8-12-20(5,6)18(21)13-16(17)4/h7,10,13,17-18,21H,8-9,11-12H2,1-6H3/b14-10-,15-7-,16-13-/t17-,18+/m1/s1. The first-order valence-electron chi connectivity index (χ1n) is 8.53. The van der Waals surface area contributed by atoms with Crippen molar-refractivity contribution < 1.29 is 14.6 Å². The maximum atomic E-state index is 12.1. The highest BCUT2D eigenvalue weighted by molar-refractivity contribution is 5.87. The Hall–Kier alpha value is -1.35. The van der Waals surface area contributed by atoms with Gasteiger partial charge in [-0.3, -0.25) is 0 Å². The molecule has 0 saturated heterocycles. The number of hydrogen-bond donors (Lipinski definition) is 1. The largest absolute Gasteiger partial charge is 0.454 e. The van der Waals surface area contributed by atoms with E-state index in [1.807, 2.05) is 19.9 Å². The van der Waals surface area contributed by atoms with Crippen molar-refractivity contribution in [2.45, 2.75) is 79.4 Å². The molecule has 0 aromatic heterocycles. The van der Waals surface area contributed by atoms with Gasteiger partial charge in [-0.1, -0.05) is 37.6 Å². The summed E-state index contributed by atoms with van der Waals surface area (Å²) in [5.74, 6) is -0.292. The average molecular weight is 320 g/mol. The van der Waals surface area contributed by atoms with Crippen LogP contribution in [0.2, 0.25) is 0 Å². The molecule has 0 unspecified atom stereocenters. The van der Waals surface area contributed by atoms with Crippen LogP contribution >= 0.6 is 0 Å². The first-order chi connectivity index (χ1) is 10.7. The van der Waals surface area contributed by atoms with Crippen molar-refractivity contribution in [1.82, 2.24) is 0 Å². The second-order valence-electron chi connectivity index (χ2n) is 7.35. The number of carbonyl (C=O) groups is 1. The number of aliphatic hydroxyl groups is 1. The van der Waals surface area contributed by atoms with Crippen molar-refractivity contribution in [2.75, 3.05) is 0 Å². The van der Waals surface area contributed by atoms with Gasteiger partial charge in [-0.25, -0.2) is 4.79 Å². The van der Waals surface area contributed by atoms with E-state index < -0.39 is 6.10 Å². The Bertz CT molecular complexity index is 509. The summed E-state index contributed by atoms with van der Waals surface area (Å²) >= 11 is 0. The van der Waals surface area contributed by atoms with E-state index in [2.05, 4.69) is 26.8 Å². The molecular weight excluding hydrogens is 288 g/mol. The minimum atomic E-state index is -0.537. The summed E-state index contributed by atoms with van der Waals surface area (Å²) < 4.78 is 5.66. The molecule has 1 aliphatic carbocycles. The van der Waals surface area contributed by atoms with Crippen molar-refractivity contribution in [3.8, 4) is 0 Å². The highest BCUT2D eigenvalue weighted by atomic mass is 16.5. The Morgan fingerprint density at radius 1 is 1.39 bits per heavy atom. The summed E-state index contributed by atoms with van der Waals surface area (Å²) in [6, 6.07) is 0. The first-order valence-corrected chi connectivity index (χ1v) is 8.53. The molecule has 0 amide bonds. The van der Waals surface area contributed by atoms with Gasteiger partial charge in [0, 0.05) is 12.0 Å². The zero-order chi connectivity index (χ0) is 17.6. The zero-order valence-corrected chi connectivity index (χ0v) is 15.5. The lowest BCUT2D eigenvalue weighted by molar-refractivity contribution is -0.142. The van der Waals surface area contributed by atoms with E-state index in [-0.39, 0.29) is 17.5 Å². The molecule has 0 aromatic rings. The molecule has 0 heterocycles. The highest BCUT2D eigenvalue weighted by Gasteiger charge is 2.27. The van der Waals surface area contributed by atoms with Gasteiger partial charge in [-0.05, 0) is 57.9 Å². The van der Waals surface area contributed by atoms with Gasteiger partial charge < -0.3 is 9.84 Å². The Morgan fingerprint density at radius 2 is 2.04 bits per heavy atom. The van der Waals surface area contributed by atoms with Crippen molar-refractivity contribution >= 4 is 5.97 Å². The Kier molecular flexibility index (Phi) is 7.27. The maximum absolute atomic E-state index is 12.1. The van der Waals surface area contributed by atoms with Crippen LogP contribution in [0.4, 0.5) is 0 Å². The topological polar surface area (TPSA) is 46.5 Å². The maximum Gasteiger partial charge on any atom is 0.333 e. The van der Waals surface area contributed by atoms with Gasteiger partial charge in [0.25, 0.3) is 0 Å². The smallest absolute Gasteiger partial charge is 0.333 e. The van der Waals surface area contributed by atoms with Crippen LogP contribution in [0.15, 0.2) is 34.9 Å². The molecule has 1 aliphatic rings. The summed E-state index contributed by atoms with van der Waals surface area (Å²) in [5.41, 5.74) is 2.65. The van der Waals surface area contributed by atoms with Crippen LogP contribution in [0, 0.1) is 5.41 Å². The quantitative estimate of drug-likeness (QED) is 0.455. The number of aliphatic hydroxyl groups excluding tert-OH is 1. The lowest BCUT2D eigenvalue weighted by atomic mass is 9.80. The number of ether oxygens (including phenoxy) is 1. The molecule has 3 heteroatoms. The SMILES string of the molecule is C/C=C(/C)C(=O)O[C@@H]1C/C=C(/C)CCCC(C)(C)[C@@H](O)/C=C\1C. The molecule has 1 N–H and O–H groups in total. The van der Waals surface area contributed by atoms with E-state index in [4.69, 9.17) is 4.74 Å². The summed E-state index contributed by atoms with van der Waals surface area (Å²) in [7, 11) is 0. The van der Waals surface area contributed by atoms with Gasteiger partial charge in [0.2, 0.25) is 0 Å². The van der Waals surface area contributed by atoms with E-state index in [0.29, 0.717) is 12.0 Å². The van der Waals surface area contributed by atoms with Crippen LogP contribution < -0.4 is 0 Å². The Labute approximate surface area is 141 Å². The second kappa shape index (κ2) is 8.49. The Morgan fingerprint density at radius 3 is 2.65 bits per heavy atom. The van der Waals surface area contributed by atoms with Crippen LogP contribution in [-0.2, 0) is 9.53 Å². The van der Waals surface area contributed by atoms with Crippen molar-refractivity contribution in [3.05, 3.63) is 34.9 Å². The van der Waals surface area contributed by atoms with Crippen LogP contribution in [0.1, 0.15) is 67.2 Å². The third-order valence-corrected chi connectivity index (χ3v) is 4.81. The molecule has 0 fully saturated rings. The summed E-state index contributed by atoms with van der Waals surface area (Å²) in [6.07, 6.45) is 8.61. The predicted molar refractivity (Wildman–Crippen MR) is 95.1 cm³/mol. The monoisotopic (exact) mass is 320 g/mol. The number of allylic oxidation sites excluding steroid dienone is 2. The van der Waals surface area contributed by atoms with Crippen molar-refractivity contribution in [2.24, 2.45) is 5.41 Å². The van der Waals surface area contributed by atoms with Gasteiger partial charge in [-0.2, -0.15) is 0 Å². The van der Waals surface area contributed by atoms with Crippen molar-refractivity contribution in [1.29, 1.82) is 0 Å². The number of carbonyl (C=O) groups excluding carboxylic acids is 1. The number of hydrogen-bond acceptors (Lipinski definition) is 3. The van der Waals surface area contributed by atoms with Crippen LogP contribution in [-0.4, -0.2) is 23.3 Å². The van der Waals surface area contributed by atoms with Crippen molar-refractivity contribution in [3.63, 3.8) is 0 Å². The molecule has 130 valence electrons. The molecule has 1 rings (SSSR count). The molecular formula is C20H32O3. The molecule has 0 spiro atoms. The van der Waals surface area contributed by atoms with E-state index in [0.717, 1.165) is 24.8 Å². The first kappa shape index (κ1) is 19.7. The molecule has 0 radical (unpaired) electrons. The highest BCUT2D eigenvalue weighted by Crippen LogP contribution is 2.31. The lowest BCUT2D eigenvalue weighted by Crippen LogP contribution is -2.29. The van der Waals surface area contributed by atoms with Gasteiger partial charge >= 0.3 is 5.97 Å². The summed E-state index contributed by atoms with van der Waals surface area (Å²) in [4.78, 5) is 12.1. The molecule has 0 saturated carbocycles. The van der Waals surface area contributed by atoms with E-state index >= 15 is 0 Å². The second-order valence-corrected chi connectivity index (χ2v) is 7.35. The Balaban J connectivity index is 3.07. The van der Waals surface area contributed by atoms with Gasteiger partial charge in [0.1, 0.15) is 6.10 Å². The molecule has 0 aliphatic heterocycles. The average Bonchev–Trinajstić information content (AvgIpc) is 2.50. The fourth-order valence-electron chi connectivity index (χ4n) is 2.63. The fraction of sp³-hybridized carbons (Fsp3) is 0.650. The van der Waals surface area contributed by atoms with E-state index in [1.165, 1.54) is 5.57 Å². The van der Waals surface area contributed by atoms with E-state index in [1.54, 1.807) is 13.0 Å². The van der Waals surface area contributed by atoms with Gasteiger partial charge in [0.05, 0.1) is 6.10 Å². The van der Waals surface area contributed by atoms with Crippen LogP contribution in [0.3, 0.4) is 0 Å². The summed E-state index contributed by atoms with van der Waals surface area (Å²) in [6.45, 7) is 11.8. The lowest BCUT2D eigenvalue weighted by Gasteiger charge is -2.29. The molecule has 0 aromatic carbocycles. The zero-order valence-electron chi connectivity index (χ0n) is 15.5.